The number of likely N-dealkylation sites (tertiary alicyclic amines) is 1. The van der Waals surface area contributed by atoms with Gasteiger partial charge in [-0.25, -0.2) is 0 Å². The lowest BCUT2D eigenvalue weighted by atomic mass is 10.1. The van der Waals surface area contributed by atoms with Crippen LogP contribution in [0.25, 0.3) is 0 Å². The Balaban J connectivity index is 1.97. The number of amides is 2. The highest BCUT2D eigenvalue weighted by atomic mass is 35.5. The van der Waals surface area contributed by atoms with Crippen LogP contribution in [-0.4, -0.2) is 48.8 Å². The van der Waals surface area contributed by atoms with Crippen molar-refractivity contribution in [1.82, 2.24) is 9.80 Å². The van der Waals surface area contributed by atoms with Gasteiger partial charge in [0.15, 0.2) is 0 Å². The molecule has 0 aromatic carbocycles. The maximum atomic E-state index is 12.1. The lowest BCUT2D eigenvalue weighted by molar-refractivity contribution is -0.126. The van der Waals surface area contributed by atoms with Gasteiger partial charge in [-0.2, -0.15) is 0 Å². The first-order valence-electron chi connectivity index (χ1n) is 5.71. The van der Waals surface area contributed by atoms with Crippen LogP contribution >= 0.6 is 22.9 Å². The summed E-state index contributed by atoms with van der Waals surface area (Å²) in [5, 5.41) is 2.30. The van der Waals surface area contributed by atoms with Gasteiger partial charge in [0.05, 0.1) is 5.02 Å². The molecular weight excluding hydrogens is 272 g/mol. The second-order valence-electron chi connectivity index (χ2n) is 4.63. The van der Waals surface area contributed by atoms with Crippen molar-refractivity contribution < 1.29 is 9.59 Å². The van der Waals surface area contributed by atoms with Crippen LogP contribution < -0.4 is 0 Å². The lowest BCUT2D eigenvalue weighted by Crippen LogP contribution is -2.32. The van der Waals surface area contributed by atoms with Gasteiger partial charge in [0.2, 0.25) is 5.91 Å². The Morgan fingerprint density at radius 1 is 1.67 bits per heavy atom. The number of thiophene rings is 1. The summed E-state index contributed by atoms with van der Waals surface area (Å²) in [6.07, 6.45) is 0.520. The van der Waals surface area contributed by atoms with E-state index in [9.17, 15) is 9.59 Å². The minimum Gasteiger partial charge on any atom is -0.345 e. The molecule has 98 valence electrons. The van der Waals surface area contributed by atoms with E-state index in [1.54, 1.807) is 35.3 Å². The third kappa shape index (κ3) is 2.67. The van der Waals surface area contributed by atoms with Crippen LogP contribution in [0.3, 0.4) is 0 Å². The molecule has 2 heterocycles. The van der Waals surface area contributed by atoms with Gasteiger partial charge in [-0.1, -0.05) is 11.6 Å². The van der Waals surface area contributed by atoms with Crippen molar-refractivity contribution in [2.24, 2.45) is 5.92 Å². The number of carbonyl (C=O) groups is 2. The molecular formula is C12H15ClN2O2S. The minimum atomic E-state index is -0.0722. The highest BCUT2D eigenvalue weighted by molar-refractivity contribution is 7.12. The quantitative estimate of drug-likeness (QED) is 0.852. The van der Waals surface area contributed by atoms with Crippen molar-refractivity contribution >= 4 is 34.8 Å². The van der Waals surface area contributed by atoms with Gasteiger partial charge in [-0.3, -0.25) is 9.59 Å². The van der Waals surface area contributed by atoms with E-state index >= 15 is 0 Å². The van der Waals surface area contributed by atoms with E-state index < -0.39 is 0 Å². The molecule has 0 aliphatic carbocycles. The standard InChI is InChI=1S/C12H15ClN2O2S/c1-14-6-8(5-10(14)16)7-15(2)12(17)11-9(13)3-4-18-11/h3-4,8H,5-7H2,1-2H3. The molecule has 1 fully saturated rings. The van der Waals surface area contributed by atoms with E-state index in [-0.39, 0.29) is 17.7 Å². The SMILES string of the molecule is CN1CC(CN(C)C(=O)c2sccc2Cl)CC1=O. The summed E-state index contributed by atoms with van der Waals surface area (Å²) in [4.78, 5) is 27.5. The molecule has 1 aliphatic heterocycles. The molecule has 2 amide bonds. The fourth-order valence-electron chi connectivity index (χ4n) is 2.17. The Bertz CT molecular complexity index is 474. The van der Waals surface area contributed by atoms with Crippen LogP contribution in [0.2, 0.25) is 5.02 Å². The first-order chi connectivity index (χ1) is 8.49. The normalized spacial score (nSPS) is 19.4. The van der Waals surface area contributed by atoms with E-state index in [4.69, 9.17) is 11.6 Å². The molecule has 1 unspecified atom stereocenters. The third-order valence-electron chi connectivity index (χ3n) is 3.11. The molecule has 4 nitrogen and oxygen atoms in total. The van der Waals surface area contributed by atoms with Crippen molar-refractivity contribution in [3.63, 3.8) is 0 Å². The topological polar surface area (TPSA) is 40.6 Å². The van der Waals surface area contributed by atoms with Crippen LogP contribution in [0.4, 0.5) is 0 Å². The number of rotatable bonds is 3. The van der Waals surface area contributed by atoms with Crippen molar-refractivity contribution in [2.75, 3.05) is 27.2 Å². The van der Waals surface area contributed by atoms with Gasteiger partial charge in [0.25, 0.3) is 5.91 Å². The Labute approximate surface area is 115 Å². The Morgan fingerprint density at radius 2 is 2.39 bits per heavy atom. The second kappa shape index (κ2) is 5.28. The first-order valence-corrected chi connectivity index (χ1v) is 6.97. The molecule has 0 spiro atoms. The number of nitrogens with zero attached hydrogens (tertiary/aromatic N) is 2. The maximum absolute atomic E-state index is 12.1. The predicted octanol–water partition coefficient (Wildman–Crippen LogP) is 1.95. The summed E-state index contributed by atoms with van der Waals surface area (Å²) in [7, 11) is 3.54. The zero-order valence-electron chi connectivity index (χ0n) is 10.4. The van der Waals surface area contributed by atoms with Crippen molar-refractivity contribution in [3.8, 4) is 0 Å². The largest absolute Gasteiger partial charge is 0.345 e. The number of carbonyl (C=O) groups excluding carboxylic acids is 2. The van der Waals surface area contributed by atoms with Gasteiger partial charge in [0.1, 0.15) is 4.88 Å². The molecule has 2 rings (SSSR count). The van der Waals surface area contributed by atoms with Gasteiger partial charge in [-0.15, -0.1) is 11.3 Å². The average Bonchev–Trinajstić information content (AvgIpc) is 2.85. The molecule has 0 saturated carbocycles. The monoisotopic (exact) mass is 286 g/mol. The van der Waals surface area contributed by atoms with Crippen LogP contribution in [0.15, 0.2) is 11.4 Å². The van der Waals surface area contributed by atoms with Crippen molar-refractivity contribution in [2.45, 2.75) is 6.42 Å². The molecule has 1 aromatic rings. The zero-order valence-corrected chi connectivity index (χ0v) is 11.9. The summed E-state index contributed by atoms with van der Waals surface area (Å²) in [5.74, 6) is 0.294. The summed E-state index contributed by atoms with van der Waals surface area (Å²) in [6, 6.07) is 1.72. The van der Waals surface area contributed by atoms with E-state index in [0.717, 1.165) is 0 Å². The maximum Gasteiger partial charge on any atom is 0.265 e. The molecule has 6 heteroatoms. The molecule has 18 heavy (non-hydrogen) atoms. The summed E-state index contributed by atoms with van der Waals surface area (Å²) in [6.45, 7) is 1.30. The molecule has 1 saturated heterocycles. The fourth-order valence-corrected chi connectivity index (χ4v) is 3.30. The Morgan fingerprint density at radius 3 is 2.89 bits per heavy atom. The summed E-state index contributed by atoms with van der Waals surface area (Å²) >= 11 is 7.29. The molecule has 1 aliphatic rings. The highest BCUT2D eigenvalue weighted by Crippen LogP contribution is 2.24. The average molecular weight is 287 g/mol. The van der Waals surface area contributed by atoms with Crippen LogP contribution in [-0.2, 0) is 4.79 Å². The molecule has 1 atom stereocenters. The third-order valence-corrected chi connectivity index (χ3v) is 4.44. The van der Waals surface area contributed by atoms with E-state index in [1.165, 1.54) is 11.3 Å². The van der Waals surface area contributed by atoms with E-state index in [2.05, 4.69) is 0 Å². The van der Waals surface area contributed by atoms with E-state index in [0.29, 0.717) is 29.4 Å². The van der Waals surface area contributed by atoms with E-state index in [1.807, 2.05) is 0 Å². The lowest BCUT2D eigenvalue weighted by Gasteiger charge is -2.20. The smallest absolute Gasteiger partial charge is 0.265 e. The molecule has 0 radical (unpaired) electrons. The zero-order chi connectivity index (χ0) is 13.3. The fraction of sp³-hybridized carbons (Fsp3) is 0.500. The minimum absolute atomic E-state index is 0.0722. The van der Waals surface area contributed by atoms with Gasteiger partial charge in [-0.05, 0) is 11.4 Å². The van der Waals surface area contributed by atoms with Crippen LogP contribution in [0.1, 0.15) is 16.1 Å². The second-order valence-corrected chi connectivity index (χ2v) is 5.95. The summed E-state index contributed by atoms with van der Waals surface area (Å²) in [5.41, 5.74) is 0. The molecule has 0 bridgehead atoms. The van der Waals surface area contributed by atoms with Crippen LogP contribution in [0, 0.1) is 5.92 Å². The van der Waals surface area contributed by atoms with Crippen molar-refractivity contribution in [3.05, 3.63) is 21.3 Å². The van der Waals surface area contributed by atoms with Gasteiger partial charge < -0.3 is 9.80 Å². The number of halogens is 1. The Hall–Kier alpha value is -1.07. The Kier molecular flexibility index (Phi) is 3.92. The molecule has 0 N–H and O–H groups in total. The van der Waals surface area contributed by atoms with Crippen LogP contribution in [0.5, 0.6) is 0 Å². The summed E-state index contributed by atoms with van der Waals surface area (Å²) < 4.78 is 0. The predicted molar refractivity (Wildman–Crippen MR) is 72.0 cm³/mol. The first kappa shape index (κ1) is 13.4. The van der Waals surface area contributed by atoms with Gasteiger partial charge in [0, 0.05) is 39.5 Å². The molecule has 1 aromatic heterocycles. The number of hydrogen-bond donors (Lipinski definition) is 0. The van der Waals surface area contributed by atoms with Crippen molar-refractivity contribution in [1.29, 1.82) is 0 Å². The number of hydrogen-bond acceptors (Lipinski definition) is 3. The highest BCUT2D eigenvalue weighted by Gasteiger charge is 2.29. The van der Waals surface area contributed by atoms with Gasteiger partial charge >= 0.3 is 0 Å².